The summed E-state index contributed by atoms with van der Waals surface area (Å²) in [5, 5.41) is 6.09. The van der Waals surface area contributed by atoms with Crippen LogP contribution in [0, 0.1) is 11.2 Å². The predicted molar refractivity (Wildman–Crippen MR) is 83.7 cm³/mol. The van der Waals surface area contributed by atoms with Crippen LogP contribution < -0.4 is 5.32 Å². The first-order valence-electron chi connectivity index (χ1n) is 6.17. The summed E-state index contributed by atoms with van der Waals surface area (Å²) in [6.45, 7) is 6.31. The molecule has 1 aliphatic rings. The average Bonchev–Trinajstić information content (AvgIpc) is 2.80. The van der Waals surface area contributed by atoms with Gasteiger partial charge in [-0.25, -0.2) is 4.39 Å². The standard InChI is InChI=1S/C15H16FNS.ClH/c1-15(2)9-17-7-5-12(15)10-3-4-13(16)11-6-8-18-14(10)11;/h3-6,8,17H,7,9H2,1-2H3;1H. The Hall–Kier alpha value is -0.900. The summed E-state index contributed by atoms with van der Waals surface area (Å²) in [7, 11) is 0. The Morgan fingerprint density at radius 2 is 2.05 bits per heavy atom. The van der Waals surface area contributed by atoms with Gasteiger partial charge in [-0.05, 0) is 28.6 Å². The molecule has 3 rings (SSSR count). The van der Waals surface area contributed by atoms with Crippen molar-refractivity contribution in [2.24, 2.45) is 5.41 Å². The van der Waals surface area contributed by atoms with Gasteiger partial charge in [-0.1, -0.05) is 26.0 Å². The molecule has 0 atom stereocenters. The van der Waals surface area contributed by atoms with Gasteiger partial charge < -0.3 is 5.32 Å². The third kappa shape index (κ3) is 2.42. The molecule has 1 aromatic carbocycles. The number of hydrogen-bond donors (Lipinski definition) is 1. The van der Waals surface area contributed by atoms with E-state index in [1.54, 1.807) is 17.4 Å². The topological polar surface area (TPSA) is 12.0 Å². The molecule has 0 fully saturated rings. The minimum absolute atomic E-state index is 0. The Morgan fingerprint density at radius 3 is 2.79 bits per heavy atom. The normalized spacial score (nSPS) is 17.9. The molecule has 0 bridgehead atoms. The van der Waals surface area contributed by atoms with Crippen molar-refractivity contribution >= 4 is 39.4 Å². The number of halogens is 2. The molecule has 0 spiro atoms. The lowest BCUT2D eigenvalue weighted by Crippen LogP contribution is -2.35. The summed E-state index contributed by atoms with van der Waals surface area (Å²) >= 11 is 1.62. The van der Waals surface area contributed by atoms with Crippen molar-refractivity contribution in [1.82, 2.24) is 5.32 Å². The molecular weight excluding hydrogens is 281 g/mol. The van der Waals surface area contributed by atoms with Crippen molar-refractivity contribution in [2.75, 3.05) is 13.1 Å². The van der Waals surface area contributed by atoms with Gasteiger partial charge in [-0.15, -0.1) is 23.7 Å². The molecule has 1 aromatic heterocycles. The van der Waals surface area contributed by atoms with E-state index in [0.29, 0.717) is 0 Å². The molecular formula is C15H17ClFNS. The molecule has 19 heavy (non-hydrogen) atoms. The van der Waals surface area contributed by atoms with E-state index in [2.05, 4.69) is 25.2 Å². The van der Waals surface area contributed by atoms with Gasteiger partial charge in [0.2, 0.25) is 0 Å². The molecule has 0 radical (unpaired) electrons. The van der Waals surface area contributed by atoms with Crippen LogP contribution >= 0.6 is 23.7 Å². The first-order valence-corrected chi connectivity index (χ1v) is 7.05. The largest absolute Gasteiger partial charge is 0.312 e. The van der Waals surface area contributed by atoms with Gasteiger partial charge in [-0.2, -0.15) is 0 Å². The molecule has 2 heterocycles. The van der Waals surface area contributed by atoms with Crippen LogP contribution in [0.25, 0.3) is 15.7 Å². The maximum absolute atomic E-state index is 13.7. The maximum atomic E-state index is 13.7. The van der Waals surface area contributed by atoms with Gasteiger partial charge >= 0.3 is 0 Å². The van der Waals surface area contributed by atoms with Crippen molar-refractivity contribution in [2.45, 2.75) is 13.8 Å². The van der Waals surface area contributed by atoms with E-state index >= 15 is 0 Å². The minimum Gasteiger partial charge on any atom is -0.312 e. The van der Waals surface area contributed by atoms with Crippen LogP contribution in [0.4, 0.5) is 4.39 Å². The third-order valence-electron chi connectivity index (χ3n) is 3.60. The monoisotopic (exact) mass is 297 g/mol. The number of nitrogens with one attached hydrogen (secondary N) is 1. The second kappa shape index (κ2) is 5.23. The maximum Gasteiger partial charge on any atom is 0.131 e. The smallest absolute Gasteiger partial charge is 0.131 e. The fraction of sp³-hybridized carbons (Fsp3) is 0.333. The van der Waals surface area contributed by atoms with E-state index in [9.17, 15) is 4.39 Å². The highest BCUT2D eigenvalue weighted by atomic mass is 35.5. The van der Waals surface area contributed by atoms with E-state index in [1.807, 2.05) is 17.5 Å². The zero-order valence-electron chi connectivity index (χ0n) is 11.0. The number of benzene rings is 1. The molecule has 4 heteroatoms. The predicted octanol–water partition coefficient (Wildman–Crippen LogP) is 4.48. The molecule has 102 valence electrons. The number of fused-ring (bicyclic) bond motifs is 1. The molecule has 0 saturated carbocycles. The molecule has 1 aliphatic heterocycles. The Labute approximate surface area is 122 Å². The van der Waals surface area contributed by atoms with E-state index in [4.69, 9.17) is 0 Å². The van der Waals surface area contributed by atoms with Gasteiger partial charge in [-0.3, -0.25) is 0 Å². The highest BCUT2D eigenvalue weighted by Gasteiger charge is 2.28. The molecule has 1 N–H and O–H groups in total. The van der Waals surface area contributed by atoms with Gasteiger partial charge in [0.05, 0.1) is 0 Å². The first kappa shape index (κ1) is 14.5. The zero-order valence-corrected chi connectivity index (χ0v) is 12.6. The highest BCUT2D eigenvalue weighted by molar-refractivity contribution is 7.17. The summed E-state index contributed by atoms with van der Waals surface area (Å²) < 4.78 is 14.8. The zero-order chi connectivity index (χ0) is 12.8. The van der Waals surface area contributed by atoms with E-state index in [0.717, 1.165) is 23.2 Å². The van der Waals surface area contributed by atoms with Crippen LogP contribution in [0.3, 0.4) is 0 Å². The Kier molecular flexibility index (Phi) is 4.00. The number of hydrogen-bond acceptors (Lipinski definition) is 2. The lowest BCUT2D eigenvalue weighted by molar-refractivity contribution is 0.446. The first-order chi connectivity index (χ1) is 8.59. The fourth-order valence-corrected chi connectivity index (χ4v) is 3.58. The Bertz CT molecular complexity index is 630. The summed E-state index contributed by atoms with van der Waals surface area (Å²) in [6, 6.07) is 5.38. The van der Waals surface area contributed by atoms with Gasteiger partial charge in [0, 0.05) is 28.6 Å². The van der Waals surface area contributed by atoms with Crippen LogP contribution in [0.5, 0.6) is 0 Å². The summed E-state index contributed by atoms with van der Waals surface area (Å²) in [6.07, 6.45) is 2.23. The Balaban J connectivity index is 0.00000133. The summed E-state index contributed by atoms with van der Waals surface area (Å²) in [4.78, 5) is 0. The van der Waals surface area contributed by atoms with Crippen LogP contribution in [0.15, 0.2) is 29.7 Å². The summed E-state index contributed by atoms with van der Waals surface area (Å²) in [5.74, 6) is -0.123. The van der Waals surface area contributed by atoms with Crippen molar-refractivity contribution in [3.05, 3.63) is 41.0 Å². The van der Waals surface area contributed by atoms with Gasteiger partial charge in [0.15, 0.2) is 0 Å². The molecule has 1 nitrogen and oxygen atoms in total. The van der Waals surface area contributed by atoms with Crippen molar-refractivity contribution < 1.29 is 4.39 Å². The van der Waals surface area contributed by atoms with Crippen LogP contribution in [-0.4, -0.2) is 13.1 Å². The average molecular weight is 298 g/mol. The molecule has 0 aliphatic carbocycles. The van der Waals surface area contributed by atoms with Crippen molar-refractivity contribution in [1.29, 1.82) is 0 Å². The van der Waals surface area contributed by atoms with Crippen LogP contribution in [0.2, 0.25) is 0 Å². The fourth-order valence-electron chi connectivity index (χ4n) is 2.64. The van der Waals surface area contributed by atoms with Crippen LogP contribution in [0.1, 0.15) is 19.4 Å². The lowest BCUT2D eigenvalue weighted by atomic mass is 9.78. The second-order valence-electron chi connectivity index (χ2n) is 5.39. The SMILES string of the molecule is CC1(C)CNCC=C1c1ccc(F)c2ccsc12.Cl. The van der Waals surface area contributed by atoms with E-state index < -0.39 is 0 Å². The molecule has 0 amide bonds. The van der Waals surface area contributed by atoms with Gasteiger partial charge in [0.1, 0.15) is 5.82 Å². The quantitative estimate of drug-likeness (QED) is 0.818. The number of rotatable bonds is 1. The van der Waals surface area contributed by atoms with Gasteiger partial charge in [0.25, 0.3) is 0 Å². The highest BCUT2D eigenvalue weighted by Crippen LogP contribution is 2.40. The number of thiophene rings is 1. The summed E-state index contributed by atoms with van der Waals surface area (Å²) in [5.41, 5.74) is 2.61. The second-order valence-corrected chi connectivity index (χ2v) is 6.31. The lowest BCUT2D eigenvalue weighted by Gasteiger charge is -2.33. The van der Waals surface area contributed by atoms with E-state index in [-0.39, 0.29) is 23.6 Å². The van der Waals surface area contributed by atoms with Crippen LogP contribution in [-0.2, 0) is 0 Å². The Morgan fingerprint density at radius 1 is 1.26 bits per heavy atom. The van der Waals surface area contributed by atoms with E-state index in [1.165, 1.54) is 11.1 Å². The molecule has 0 unspecified atom stereocenters. The molecule has 2 aromatic rings. The minimum atomic E-state index is -0.123. The van der Waals surface area contributed by atoms with Crippen molar-refractivity contribution in [3.8, 4) is 0 Å². The van der Waals surface area contributed by atoms with Crippen molar-refractivity contribution in [3.63, 3.8) is 0 Å². The third-order valence-corrected chi connectivity index (χ3v) is 4.55. The molecule has 0 saturated heterocycles.